The Kier molecular flexibility index (Phi) is 5.33. The van der Waals surface area contributed by atoms with E-state index in [0.29, 0.717) is 35.6 Å². The van der Waals surface area contributed by atoms with Gasteiger partial charge in [0.2, 0.25) is 5.91 Å². The summed E-state index contributed by atoms with van der Waals surface area (Å²) in [6, 6.07) is 16.1. The molecule has 0 aliphatic heterocycles. The van der Waals surface area contributed by atoms with Crippen LogP contribution in [0.2, 0.25) is 0 Å². The zero-order valence-electron chi connectivity index (χ0n) is 12.1. The van der Waals surface area contributed by atoms with Crippen molar-refractivity contribution in [3.05, 3.63) is 66.7 Å². The van der Waals surface area contributed by atoms with E-state index in [0.717, 1.165) is 0 Å². The van der Waals surface area contributed by atoms with Gasteiger partial charge in [0.1, 0.15) is 11.5 Å². The second-order valence-corrected chi connectivity index (χ2v) is 4.64. The topological polar surface area (TPSA) is 62.1 Å². The van der Waals surface area contributed by atoms with Gasteiger partial charge in [0, 0.05) is 12.1 Å². The minimum absolute atomic E-state index is 0.0460. The van der Waals surface area contributed by atoms with E-state index >= 15 is 0 Å². The summed E-state index contributed by atoms with van der Waals surface area (Å²) in [4.78, 5) is 11.6. The van der Waals surface area contributed by atoms with E-state index < -0.39 is 0 Å². The Morgan fingerprint density at radius 2 is 2.00 bits per heavy atom. The molecule has 22 heavy (non-hydrogen) atoms. The van der Waals surface area contributed by atoms with E-state index in [-0.39, 0.29) is 5.91 Å². The Morgan fingerprint density at radius 3 is 2.68 bits per heavy atom. The molecule has 2 aromatic rings. The van der Waals surface area contributed by atoms with Crippen LogP contribution >= 0.6 is 0 Å². The van der Waals surface area contributed by atoms with Crippen molar-refractivity contribution in [1.82, 2.24) is 0 Å². The minimum Gasteiger partial charge on any atom is -0.457 e. The lowest BCUT2D eigenvalue weighted by molar-refractivity contribution is -0.116. The molecule has 0 unspecified atom stereocenters. The third kappa shape index (κ3) is 4.50. The standard InChI is InChI=1S/C18H16N2O2/c1-2-3-7-18(21)20-15-8-10-16(11-9-15)22-17-6-4-5-14(12-17)13-19/h2,4-6,8-12H,1,3,7H2,(H,20,21). The minimum atomic E-state index is -0.0460. The van der Waals surface area contributed by atoms with Gasteiger partial charge in [-0.15, -0.1) is 6.58 Å². The maximum Gasteiger partial charge on any atom is 0.224 e. The summed E-state index contributed by atoms with van der Waals surface area (Å²) >= 11 is 0. The molecule has 4 nitrogen and oxygen atoms in total. The molecule has 0 fully saturated rings. The second kappa shape index (κ2) is 7.65. The molecule has 0 aromatic heterocycles. The molecule has 0 atom stereocenters. The van der Waals surface area contributed by atoms with E-state index in [9.17, 15) is 4.79 Å². The molecular weight excluding hydrogens is 276 g/mol. The zero-order chi connectivity index (χ0) is 15.8. The summed E-state index contributed by atoms with van der Waals surface area (Å²) in [7, 11) is 0. The lowest BCUT2D eigenvalue weighted by Gasteiger charge is -2.08. The molecule has 110 valence electrons. The summed E-state index contributed by atoms with van der Waals surface area (Å²) in [5.41, 5.74) is 1.26. The Hall–Kier alpha value is -3.06. The smallest absolute Gasteiger partial charge is 0.224 e. The van der Waals surface area contributed by atoms with Crippen molar-refractivity contribution < 1.29 is 9.53 Å². The van der Waals surface area contributed by atoms with E-state index in [2.05, 4.69) is 18.0 Å². The molecule has 0 heterocycles. The molecule has 4 heteroatoms. The first-order chi connectivity index (χ1) is 10.7. The van der Waals surface area contributed by atoms with Crippen molar-refractivity contribution in [1.29, 1.82) is 5.26 Å². The Labute approximate surface area is 129 Å². The summed E-state index contributed by atoms with van der Waals surface area (Å²) in [6.07, 6.45) is 2.79. The average molecular weight is 292 g/mol. The number of anilines is 1. The van der Waals surface area contributed by atoms with Gasteiger partial charge in [-0.3, -0.25) is 4.79 Å². The number of hydrogen-bond donors (Lipinski definition) is 1. The van der Waals surface area contributed by atoms with Crippen LogP contribution < -0.4 is 10.1 Å². The third-order valence-electron chi connectivity index (χ3n) is 2.91. The number of nitriles is 1. The number of nitrogens with zero attached hydrogens (tertiary/aromatic N) is 1. The van der Waals surface area contributed by atoms with Crippen molar-refractivity contribution in [2.45, 2.75) is 12.8 Å². The van der Waals surface area contributed by atoms with Crippen LogP contribution in [0.5, 0.6) is 11.5 Å². The third-order valence-corrected chi connectivity index (χ3v) is 2.91. The summed E-state index contributed by atoms with van der Waals surface area (Å²) in [5.74, 6) is 1.19. The van der Waals surface area contributed by atoms with Crippen LogP contribution in [0.1, 0.15) is 18.4 Å². The monoisotopic (exact) mass is 292 g/mol. The van der Waals surface area contributed by atoms with Crippen LogP contribution in [0.25, 0.3) is 0 Å². The molecule has 1 N–H and O–H groups in total. The van der Waals surface area contributed by atoms with Gasteiger partial charge in [-0.1, -0.05) is 12.1 Å². The highest BCUT2D eigenvalue weighted by atomic mass is 16.5. The molecule has 1 amide bonds. The fourth-order valence-electron chi connectivity index (χ4n) is 1.83. The molecule has 2 aromatic carbocycles. The largest absolute Gasteiger partial charge is 0.457 e. The maximum atomic E-state index is 11.6. The number of ether oxygens (including phenoxy) is 1. The maximum absolute atomic E-state index is 11.6. The molecule has 2 rings (SSSR count). The van der Waals surface area contributed by atoms with Gasteiger partial charge in [-0.05, 0) is 48.9 Å². The predicted octanol–water partition coefficient (Wildman–Crippen LogP) is 4.26. The average Bonchev–Trinajstić information content (AvgIpc) is 2.55. The van der Waals surface area contributed by atoms with Crippen LogP contribution in [0.4, 0.5) is 5.69 Å². The number of nitrogens with one attached hydrogen (secondary N) is 1. The van der Waals surface area contributed by atoms with E-state index in [1.165, 1.54) is 0 Å². The quantitative estimate of drug-likeness (QED) is 0.809. The van der Waals surface area contributed by atoms with Crippen LogP contribution in [0.15, 0.2) is 61.2 Å². The molecule has 0 spiro atoms. The highest BCUT2D eigenvalue weighted by molar-refractivity contribution is 5.90. The number of allylic oxidation sites excluding steroid dienone is 1. The first-order valence-electron chi connectivity index (χ1n) is 6.90. The van der Waals surface area contributed by atoms with Gasteiger partial charge >= 0.3 is 0 Å². The lowest BCUT2D eigenvalue weighted by atomic mass is 10.2. The lowest BCUT2D eigenvalue weighted by Crippen LogP contribution is -2.10. The molecule has 0 aliphatic carbocycles. The van der Waals surface area contributed by atoms with E-state index in [1.54, 1.807) is 54.6 Å². The highest BCUT2D eigenvalue weighted by Gasteiger charge is 2.02. The number of carbonyl (C=O) groups excluding carboxylic acids is 1. The van der Waals surface area contributed by atoms with Crippen LogP contribution in [0, 0.1) is 11.3 Å². The van der Waals surface area contributed by atoms with Gasteiger partial charge in [0.05, 0.1) is 11.6 Å². The van der Waals surface area contributed by atoms with Crippen molar-refractivity contribution in [3.63, 3.8) is 0 Å². The van der Waals surface area contributed by atoms with E-state index in [4.69, 9.17) is 10.00 Å². The molecular formula is C18H16N2O2. The molecule has 0 radical (unpaired) electrons. The number of benzene rings is 2. The number of rotatable bonds is 6. The fourth-order valence-corrected chi connectivity index (χ4v) is 1.83. The van der Waals surface area contributed by atoms with E-state index in [1.807, 2.05) is 0 Å². The second-order valence-electron chi connectivity index (χ2n) is 4.64. The predicted molar refractivity (Wildman–Crippen MR) is 85.7 cm³/mol. The Morgan fingerprint density at radius 1 is 1.23 bits per heavy atom. The summed E-state index contributed by atoms with van der Waals surface area (Å²) < 4.78 is 5.67. The van der Waals surface area contributed by atoms with Gasteiger partial charge in [0.25, 0.3) is 0 Å². The number of hydrogen-bond acceptors (Lipinski definition) is 3. The fraction of sp³-hybridized carbons (Fsp3) is 0.111. The van der Waals surface area contributed by atoms with Gasteiger partial charge < -0.3 is 10.1 Å². The number of amides is 1. The molecule has 0 bridgehead atoms. The van der Waals surface area contributed by atoms with Crippen molar-refractivity contribution >= 4 is 11.6 Å². The van der Waals surface area contributed by atoms with Crippen molar-refractivity contribution in [2.75, 3.05) is 5.32 Å². The Bertz CT molecular complexity index is 700. The van der Waals surface area contributed by atoms with Crippen LogP contribution in [-0.2, 0) is 4.79 Å². The molecule has 0 saturated heterocycles. The molecule has 0 saturated carbocycles. The van der Waals surface area contributed by atoms with Crippen molar-refractivity contribution in [3.8, 4) is 17.6 Å². The van der Waals surface area contributed by atoms with Gasteiger partial charge in [-0.25, -0.2) is 0 Å². The van der Waals surface area contributed by atoms with Crippen molar-refractivity contribution in [2.24, 2.45) is 0 Å². The summed E-state index contributed by atoms with van der Waals surface area (Å²) in [6.45, 7) is 3.59. The SMILES string of the molecule is C=CCCC(=O)Nc1ccc(Oc2cccc(C#N)c2)cc1. The normalized spacial score (nSPS) is 9.59. The Balaban J connectivity index is 1.98. The molecule has 0 aliphatic rings. The van der Waals surface area contributed by atoms with Crippen LogP contribution in [-0.4, -0.2) is 5.91 Å². The summed E-state index contributed by atoms with van der Waals surface area (Å²) in [5, 5.41) is 11.7. The number of carbonyl (C=O) groups is 1. The first-order valence-corrected chi connectivity index (χ1v) is 6.90. The highest BCUT2D eigenvalue weighted by Crippen LogP contribution is 2.23. The zero-order valence-corrected chi connectivity index (χ0v) is 12.1. The van der Waals surface area contributed by atoms with Gasteiger partial charge in [-0.2, -0.15) is 5.26 Å². The van der Waals surface area contributed by atoms with Crippen LogP contribution in [0.3, 0.4) is 0 Å². The van der Waals surface area contributed by atoms with Gasteiger partial charge in [0.15, 0.2) is 0 Å². The first kappa shape index (κ1) is 15.3.